The number of hydrogen-bond acceptors (Lipinski definition) is 5. The molecule has 21 heavy (non-hydrogen) atoms. The van der Waals surface area contributed by atoms with Crippen molar-refractivity contribution < 1.29 is 14.4 Å². The van der Waals surface area contributed by atoms with Gasteiger partial charge in [-0.05, 0) is 25.8 Å². The van der Waals surface area contributed by atoms with Gasteiger partial charge < -0.3 is 14.4 Å². The van der Waals surface area contributed by atoms with Gasteiger partial charge in [-0.25, -0.2) is 0 Å². The van der Waals surface area contributed by atoms with Crippen LogP contribution in [-0.4, -0.2) is 43.4 Å². The molecule has 1 aromatic rings. The summed E-state index contributed by atoms with van der Waals surface area (Å²) in [5, 5.41) is 11.3. The molecule has 2 aliphatic rings. The Hall–Kier alpha value is -1.66. The van der Waals surface area contributed by atoms with Gasteiger partial charge in [0.15, 0.2) is 0 Å². The third-order valence-electron chi connectivity index (χ3n) is 4.21. The van der Waals surface area contributed by atoms with Crippen molar-refractivity contribution in [2.45, 2.75) is 32.0 Å². The number of rotatable bonds is 3. The first-order valence-electron chi connectivity index (χ1n) is 7.39. The second-order valence-corrected chi connectivity index (χ2v) is 5.61. The van der Waals surface area contributed by atoms with Gasteiger partial charge in [0.25, 0.3) is 5.69 Å². The SMILES string of the molecule is Cc1cccc(N2CCO[C@H]([C@H]3CCCO3)C2)c1[N+](=O)[O-]. The number of nitrogens with zero attached hydrogens (tertiary/aromatic N) is 2. The number of aryl methyl sites for hydroxylation is 1. The van der Waals surface area contributed by atoms with Crippen LogP contribution in [0.3, 0.4) is 0 Å². The van der Waals surface area contributed by atoms with Gasteiger partial charge >= 0.3 is 0 Å². The molecule has 2 heterocycles. The molecule has 2 fully saturated rings. The molecule has 3 rings (SSSR count). The predicted molar refractivity (Wildman–Crippen MR) is 78.8 cm³/mol. The van der Waals surface area contributed by atoms with E-state index in [-0.39, 0.29) is 22.8 Å². The van der Waals surface area contributed by atoms with Gasteiger partial charge in [-0.2, -0.15) is 0 Å². The molecule has 6 nitrogen and oxygen atoms in total. The second kappa shape index (κ2) is 5.99. The number of nitro groups is 1. The fraction of sp³-hybridized carbons (Fsp3) is 0.600. The lowest BCUT2D eigenvalue weighted by molar-refractivity contribution is -0.384. The van der Waals surface area contributed by atoms with Gasteiger partial charge in [0.1, 0.15) is 11.8 Å². The lowest BCUT2D eigenvalue weighted by Gasteiger charge is -2.36. The topological polar surface area (TPSA) is 64.8 Å². The molecule has 0 aromatic heterocycles. The summed E-state index contributed by atoms with van der Waals surface area (Å²) in [7, 11) is 0. The van der Waals surface area contributed by atoms with Gasteiger partial charge in [0, 0.05) is 25.3 Å². The zero-order valence-corrected chi connectivity index (χ0v) is 12.2. The van der Waals surface area contributed by atoms with Gasteiger partial charge in [0.2, 0.25) is 0 Å². The first kappa shape index (κ1) is 14.3. The molecule has 0 spiro atoms. The monoisotopic (exact) mass is 292 g/mol. The summed E-state index contributed by atoms with van der Waals surface area (Å²) in [6, 6.07) is 5.47. The van der Waals surface area contributed by atoms with Crippen molar-refractivity contribution in [2.24, 2.45) is 0 Å². The van der Waals surface area contributed by atoms with E-state index < -0.39 is 0 Å². The van der Waals surface area contributed by atoms with Crippen LogP contribution in [0.1, 0.15) is 18.4 Å². The Kier molecular flexibility index (Phi) is 4.07. The second-order valence-electron chi connectivity index (χ2n) is 5.61. The Labute approximate surface area is 123 Å². The minimum absolute atomic E-state index is 0.00127. The summed E-state index contributed by atoms with van der Waals surface area (Å²) in [5.41, 5.74) is 1.58. The smallest absolute Gasteiger partial charge is 0.295 e. The minimum Gasteiger partial charge on any atom is -0.375 e. The Morgan fingerprint density at radius 1 is 1.29 bits per heavy atom. The van der Waals surface area contributed by atoms with Crippen LogP contribution in [0, 0.1) is 17.0 Å². The Morgan fingerprint density at radius 2 is 2.10 bits per heavy atom. The predicted octanol–water partition coefficient (Wildman–Crippen LogP) is 2.29. The fourth-order valence-electron chi connectivity index (χ4n) is 3.15. The molecule has 0 radical (unpaired) electrons. The molecular weight excluding hydrogens is 272 g/mol. The maximum atomic E-state index is 11.3. The Balaban J connectivity index is 1.83. The summed E-state index contributed by atoms with van der Waals surface area (Å²) in [4.78, 5) is 13.1. The number of ether oxygens (including phenoxy) is 2. The van der Waals surface area contributed by atoms with Crippen molar-refractivity contribution >= 4 is 11.4 Å². The van der Waals surface area contributed by atoms with Crippen molar-refractivity contribution in [3.05, 3.63) is 33.9 Å². The number of nitro benzene ring substituents is 1. The quantitative estimate of drug-likeness (QED) is 0.631. The molecule has 0 saturated carbocycles. The maximum Gasteiger partial charge on any atom is 0.295 e. The lowest BCUT2D eigenvalue weighted by Crippen LogP contribution is -2.47. The minimum atomic E-state index is -0.290. The van der Waals surface area contributed by atoms with E-state index in [9.17, 15) is 10.1 Å². The number of para-hydroxylation sites is 1. The summed E-state index contributed by atoms with van der Waals surface area (Å²) in [5.74, 6) is 0. The average molecular weight is 292 g/mol. The third kappa shape index (κ3) is 2.87. The number of anilines is 1. The molecule has 0 unspecified atom stereocenters. The third-order valence-corrected chi connectivity index (χ3v) is 4.21. The fourth-order valence-corrected chi connectivity index (χ4v) is 3.15. The highest BCUT2D eigenvalue weighted by Gasteiger charge is 2.33. The van der Waals surface area contributed by atoms with Gasteiger partial charge in [0.05, 0.1) is 17.6 Å². The first-order valence-corrected chi connectivity index (χ1v) is 7.39. The molecule has 2 atom stereocenters. The van der Waals surface area contributed by atoms with E-state index in [0.717, 1.165) is 19.4 Å². The van der Waals surface area contributed by atoms with Crippen LogP contribution in [0.2, 0.25) is 0 Å². The van der Waals surface area contributed by atoms with Crippen LogP contribution in [-0.2, 0) is 9.47 Å². The molecule has 114 valence electrons. The van der Waals surface area contributed by atoms with E-state index in [0.29, 0.717) is 30.9 Å². The molecule has 0 bridgehead atoms. The molecule has 0 N–H and O–H groups in total. The van der Waals surface area contributed by atoms with E-state index >= 15 is 0 Å². The largest absolute Gasteiger partial charge is 0.375 e. The average Bonchev–Trinajstić information content (AvgIpc) is 3.01. The molecule has 2 aliphatic heterocycles. The van der Waals surface area contributed by atoms with E-state index in [1.165, 1.54) is 0 Å². The summed E-state index contributed by atoms with van der Waals surface area (Å²) >= 11 is 0. The van der Waals surface area contributed by atoms with Gasteiger partial charge in [-0.15, -0.1) is 0 Å². The van der Waals surface area contributed by atoms with Crippen LogP contribution in [0.4, 0.5) is 11.4 Å². The van der Waals surface area contributed by atoms with Gasteiger partial charge in [-0.1, -0.05) is 12.1 Å². The Morgan fingerprint density at radius 3 is 2.81 bits per heavy atom. The van der Waals surface area contributed by atoms with Crippen molar-refractivity contribution in [2.75, 3.05) is 31.2 Å². The maximum absolute atomic E-state index is 11.3. The molecule has 1 aromatic carbocycles. The normalized spacial score (nSPS) is 26.0. The van der Waals surface area contributed by atoms with Gasteiger partial charge in [-0.3, -0.25) is 10.1 Å². The number of hydrogen-bond donors (Lipinski definition) is 0. The molecular formula is C15H20N2O4. The highest BCUT2D eigenvalue weighted by atomic mass is 16.6. The lowest BCUT2D eigenvalue weighted by atomic mass is 10.1. The first-order chi connectivity index (χ1) is 10.2. The van der Waals surface area contributed by atoms with Crippen molar-refractivity contribution in [3.63, 3.8) is 0 Å². The highest BCUT2D eigenvalue weighted by Crippen LogP contribution is 2.33. The summed E-state index contributed by atoms with van der Waals surface area (Å²) in [6.45, 7) is 4.47. The standard InChI is InChI=1S/C15H20N2O4/c1-11-4-2-5-12(15(11)17(18)19)16-7-9-21-14(10-16)13-6-3-8-20-13/h2,4-5,13-14H,3,6-10H2,1H3/t13-,14+/m1/s1. The molecule has 6 heteroatoms. The zero-order valence-electron chi connectivity index (χ0n) is 12.2. The van der Waals surface area contributed by atoms with Crippen LogP contribution in [0.25, 0.3) is 0 Å². The molecule has 2 saturated heterocycles. The van der Waals surface area contributed by atoms with Crippen molar-refractivity contribution in [1.29, 1.82) is 0 Å². The van der Waals surface area contributed by atoms with Crippen LogP contribution in [0.15, 0.2) is 18.2 Å². The number of morpholine rings is 1. The van der Waals surface area contributed by atoms with Crippen LogP contribution in [0.5, 0.6) is 0 Å². The zero-order chi connectivity index (χ0) is 14.8. The molecule has 0 amide bonds. The molecule has 0 aliphatic carbocycles. The van der Waals surface area contributed by atoms with Crippen molar-refractivity contribution in [1.82, 2.24) is 0 Å². The van der Waals surface area contributed by atoms with Crippen LogP contribution < -0.4 is 4.90 Å². The van der Waals surface area contributed by atoms with E-state index in [4.69, 9.17) is 9.47 Å². The summed E-state index contributed by atoms with van der Waals surface area (Å²) in [6.07, 6.45) is 2.20. The summed E-state index contributed by atoms with van der Waals surface area (Å²) < 4.78 is 11.5. The van der Waals surface area contributed by atoms with E-state index in [1.54, 1.807) is 13.0 Å². The van der Waals surface area contributed by atoms with Crippen molar-refractivity contribution in [3.8, 4) is 0 Å². The van der Waals surface area contributed by atoms with E-state index in [2.05, 4.69) is 4.90 Å². The van der Waals surface area contributed by atoms with Crippen LogP contribution >= 0.6 is 0 Å². The number of benzene rings is 1. The highest BCUT2D eigenvalue weighted by molar-refractivity contribution is 5.66. The van der Waals surface area contributed by atoms with E-state index in [1.807, 2.05) is 12.1 Å². The Bertz CT molecular complexity index is 528.